The number of carbonyl (C=O) groups excluding carboxylic acids is 1. The van der Waals surface area contributed by atoms with E-state index in [2.05, 4.69) is 51.9 Å². The number of carbonyl (C=O) groups is 1. The minimum absolute atomic E-state index is 0.119. The molecular weight excluding hydrogens is 412 g/mol. The van der Waals surface area contributed by atoms with Gasteiger partial charge in [0.25, 0.3) is 0 Å². The predicted molar refractivity (Wildman–Crippen MR) is 129 cm³/mol. The Kier molecular flexibility index (Phi) is 5.80. The molecule has 1 N–H and O–H groups in total. The van der Waals surface area contributed by atoms with Crippen LogP contribution in [0.25, 0.3) is 0 Å². The Bertz CT molecular complexity index is 1260. The normalized spacial score (nSPS) is 15.6. The summed E-state index contributed by atoms with van der Waals surface area (Å²) in [7, 11) is 0. The van der Waals surface area contributed by atoms with Gasteiger partial charge in [-0.3, -0.25) is 9.80 Å². The molecule has 1 aliphatic rings. The van der Waals surface area contributed by atoms with Crippen LogP contribution < -0.4 is 10.4 Å². The van der Waals surface area contributed by atoms with Gasteiger partial charge in [0.1, 0.15) is 0 Å². The molecule has 0 fully saturated rings. The molecule has 4 aromatic rings. The summed E-state index contributed by atoms with van der Waals surface area (Å²) in [6.07, 6.45) is 3.88. The number of rotatable bonds is 6. The second kappa shape index (κ2) is 9.36. The van der Waals surface area contributed by atoms with Crippen molar-refractivity contribution in [3.05, 3.63) is 126 Å². The summed E-state index contributed by atoms with van der Waals surface area (Å²) in [6, 6.07) is 32.0. The molecule has 0 saturated heterocycles. The fourth-order valence-electron chi connectivity index (χ4n) is 3.83. The highest BCUT2D eigenvalue weighted by Gasteiger charge is 2.29. The first-order valence-electron chi connectivity index (χ1n) is 10.7. The fourth-order valence-corrected chi connectivity index (χ4v) is 3.83. The van der Waals surface area contributed by atoms with Crippen LogP contribution in [0.2, 0.25) is 0 Å². The fraction of sp³-hybridized carbons (Fsp3) is 0.0741. The molecule has 1 atom stereocenters. The van der Waals surface area contributed by atoms with Gasteiger partial charge in [0.2, 0.25) is 0 Å². The van der Waals surface area contributed by atoms with Crippen LogP contribution in [-0.2, 0) is 0 Å². The van der Waals surface area contributed by atoms with E-state index in [9.17, 15) is 4.79 Å². The highest BCUT2D eigenvalue weighted by Crippen LogP contribution is 2.36. The Labute approximate surface area is 191 Å². The van der Waals surface area contributed by atoms with Crippen molar-refractivity contribution in [1.29, 1.82) is 0 Å². The highest BCUT2D eigenvalue weighted by molar-refractivity contribution is 6.03. The predicted octanol–water partition coefficient (Wildman–Crippen LogP) is 5.40. The zero-order chi connectivity index (χ0) is 22.5. The number of hydrogen-bond donors (Lipinski definition) is 1. The number of anilines is 1. The average molecular weight is 434 g/mol. The first-order chi connectivity index (χ1) is 16.3. The van der Waals surface area contributed by atoms with Crippen molar-refractivity contribution in [3.63, 3.8) is 0 Å². The topological polar surface area (TPSA) is 70.2 Å². The standard InChI is InChI=1S/C27H22N4O2/c32-27(26-12-7-17-33-26)29-28-19-20-13-15-23(16-14-20)31-25(22-10-5-2-6-11-22)18-24(30-31)21-8-3-1-4-9-21/h1-17,19,25H,18H2,(H,29,32)/b28-19+. The van der Waals surface area contributed by atoms with Crippen LogP contribution in [0.5, 0.6) is 0 Å². The lowest BCUT2D eigenvalue weighted by atomic mass is 9.98. The monoisotopic (exact) mass is 434 g/mol. The molecule has 1 unspecified atom stereocenters. The third-order valence-electron chi connectivity index (χ3n) is 5.48. The first-order valence-corrected chi connectivity index (χ1v) is 10.7. The van der Waals surface area contributed by atoms with Crippen molar-refractivity contribution in [3.8, 4) is 0 Å². The molecule has 0 aliphatic carbocycles. The quantitative estimate of drug-likeness (QED) is 0.326. The van der Waals surface area contributed by atoms with Crippen molar-refractivity contribution in [2.45, 2.75) is 12.5 Å². The minimum atomic E-state index is -0.390. The van der Waals surface area contributed by atoms with Crippen molar-refractivity contribution >= 4 is 23.5 Å². The van der Waals surface area contributed by atoms with Gasteiger partial charge < -0.3 is 4.42 Å². The molecule has 1 aliphatic heterocycles. The van der Waals surface area contributed by atoms with Gasteiger partial charge in [-0.25, -0.2) is 5.43 Å². The van der Waals surface area contributed by atoms with Gasteiger partial charge in [0, 0.05) is 6.42 Å². The minimum Gasteiger partial charge on any atom is -0.459 e. The maximum Gasteiger partial charge on any atom is 0.307 e. The maximum absolute atomic E-state index is 11.9. The van der Waals surface area contributed by atoms with Crippen LogP contribution in [0.4, 0.5) is 5.69 Å². The number of hydrazone groups is 2. The molecule has 0 spiro atoms. The third kappa shape index (κ3) is 4.60. The molecule has 6 heteroatoms. The van der Waals surface area contributed by atoms with E-state index in [1.807, 2.05) is 48.5 Å². The van der Waals surface area contributed by atoms with E-state index < -0.39 is 5.91 Å². The van der Waals surface area contributed by atoms with E-state index in [0.717, 1.165) is 28.9 Å². The number of benzene rings is 3. The summed E-state index contributed by atoms with van der Waals surface area (Å²) in [5.74, 6) is -0.172. The van der Waals surface area contributed by atoms with Gasteiger partial charge in [0.15, 0.2) is 5.76 Å². The van der Waals surface area contributed by atoms with Crippen molar-refractivity contribution in [2.24, 2.45) is 10.2 Å². The smallest absolute Gasteiger partial charge is 0.307 e. The largest absolute Gasteiger partial charge is 0.459 e. The van der Waals surface area contributed by atoms with Crippen LogP contribution in [-0.4, -0.2) is 17.8 Å². The molecule has 0 radical (unpaired) electrons. The van der Waals surface area contributed by atoms with Gasteiger partial charge in [0.05, 0.1) is 29.9 Å². The van der Waals surface area contributed by atoms with Gasteiger partial charge in [-0.05, 0) is 41.0 Å². The van der Waals surface area contributed by atoms with Crippen LogP contribution in [0.15, 0.2) is 118 Å². The number of nitrogens with one attached hydrogen (secondary N) is 1. The summed E-state index contributed by atoms with van der Waals surface area (Å²) < 4.78 is 5.05. The Balaban J connectivity index is 1.36. The van der Waals surface area contributed by atoms with Crippen LogP contribution in [0, 0.1) is 0 Å². The van der Waals surface area contributed by atoms with Crippen molar-refractivity contribution in [1.82, 2.24) is 5.43 Å². The van der Waals surface area contributed by atoms with Gasteiger partial charge in [-0.15, -0.1) is 0 Å². The van der Waals surface area contributed by atoms with Crippen molar-refractivity contribution in [2.75, 3.05) is 5.01 Å². The van der Waals surface area contributed by atoms with Gasteiger partial charge >= 0.3 is 5.91 Å². The first kappa shape index (κ1) is 20.5. The Morgan fingerprint density at radius 2 is 1.67 bits per heavy atom. The number of furan rings is 1. The number of hydrogen-bond acceptors (Lipinski definition) is 5. The Morgan fingerprint density at radius 3 is 2.36 bits per heavy atom. The molecule has 33 heavy (non-hydrogen) atoms. The molecule has 1 amide bonds. The molecule has 0 bridgehead atoms. The zero-order valence-corrected chi connectivity index (χ0v) is 17.8. The summed E-state index contributed by atoms with van der Waals surface area (Å²) in [6.45, 7) is 0. The maximum atomic E-state index is 11.9. The number of nitrogens with zero attached hydrogens (tertiary/aromatic N) is 3. The van der Waals surface area contributed by atoms with Crippen LogP contribution in [0.3, 0.4) is 0 Å². The lowest BCUT2D eigenvalue weighted by Crippen LogP contribution is -2.18. The third-order valence-corrected chi connectivity index (χ3v) is 5.48. The molecule has 1 aromatic heterocycles. The SMILES string of the molecule is O=C(N/N=C/c1ccc(N2N=C(c3ccccc3)CC2c2ccccc2)cc1)c1ccco1. The van der Waals surface area contributed by atoms with E-state index in [1.165, 1.54) is 11.8 Å². The van der Waals surface area contributed by atoms with E-state index >= 15 is 0 Å². The molecule has 6 nitrogen and oxygen atoms in total. The summed E-state index contributed by atoms with van der Waals surface area (Å²) >= 11 is 0. The van der Waals surface area contributed by atoms with Gasteiger partial charge in [-0.2, -0.15) is 10.2 Å². The molecule has 5 rings (SSSR count). The Hall–Kier alpha value is -4.45. The lowest BCUT2D eigenvalue weighted by molar-refractivity contribution is 0.0927. The van der Waals surface area contributed by atoms with Crippen LogP contribution >= 0.6 is 0 Å². The molecule has 2 heterocycles. The van der Waals surface area contributed by atoms with Gasteiger partial charge in [-0.1, -0.05) is 72.8 Å². The van der Waals surface area contributed by atoms with E-state index in [-0.39, 0.29) is 11.8 Å². The molecule has 0 saturated carbocycles. The lowest BCUT2D eigenvalue weighted by Gasteiger charge is -2.24. The van der Waals surface area contributed by atoms with Crippen molar-refractivity contribution < 1.29 is 9.21 Å². The molecular formula is C27H22N4O2. The van der Waals surface area contributed by atoms with E-state index in [0.29, 0.717) is 0 Å². The second-order valence-corrected chi connectivity index (χ2v) is 7.66. The highest BCUT2D eigenvalue weighted by atomic mass is 16.3. The average Bonchev–Trinajstić information content (AvgIpc) is 3.57. The summed E-state index contributed by atoms with van der Waals surface area (Å²) in [4.78, 5) is 11.9. The van der Waals surface area contributed by atoms with E-state index in [4.69, 9.17) is 9.52 Å². The van der Waals surface area contributed by atoms with Crippen LogP contribution in [0.1, 0.15) is 39.7 Å². The van der Waals surface area contributed by atoms with E-state index in [1.54, 1.807) is 18.3 Å². The number of amides is 1. The zero-order valence-electron chi connectivity index (χ0n) is 17.8. The molecule has 162 valence electrons. The summed E-state index contributed by atoms with van der Waals surface area (Å²) in [5, 5.41) is 11.1. The molecule has 3 aromatic carbocycles. The Morgan fingerprint density at radius 1 is 0.939 bits per heavy atom. The summed E-state index contributed by atoms with van der Waals surface area (Å²) in [5.41, 5.74) is 7.74. The second-order valence-electron chi connectivity index (χ2n) is 7.66.